The highest BCUT2D eigenvalue weighted by molar-refractivity contribution is 6.76. The first-order valence-electron chi connectivity index (χ1n) is 13.0. The van der Waals surface area contributed by atoms with E-state index < -0.39 is 8.07 Å². The van der Waals surface area contributed by atoms with Crippen molar-refractivity contribution in [3.63, 3.8) is 0 Å². The van der Waals surface area contributed by atoms with Gasteiger partial charge < -0.3 is 4.74 Å². The Labute approximate surface area is 225 Å². The van der Waals surface area contributed by atoms with Crippen LogP contribution in [0, 0.1) is 0 Å². The molecule has 0 amide bonds. The first-order valence-corrected chi connectivity index (χ1v) is 17.1. The number of ether oxygens (including phenoxy) is 1. The van der Waals surface area contributed by atoms with Crippen molar-refractivity contribution in [3.05, 3.63) is 76.1 Å². The summed E-state index contributed by atoms with van der Waals surface area (Å²) in [6.45, 7) is 13.7. The minimum absolute atomic E-state index is 0.136. The maximum Gasteiger partial charge on any atom is 0.141 e. The van der Waals surface area contributed by atoms with E-state index in [1.165, 1.54) is 16.7 Å². The highest BCUT2D eigenvalue weighted by Gasteiger charge is 2.44. The fourth-order valence-corrected chi connectivity index (χ4v) is 6.37. The van der Waals surface area contributed by atoms with Gasteiger partial charge in [-0.15, -0.1) is 5.10 Å². The van der Waals surface area contributed by atoms with Crippen molar-refractivity contribution in [3.8, 4) is 0 Å². The van der Waals surface area contributed by atoms with E-state index in [0.717, 1.165) is 47.4 Å². The Kier molecular flexibility index (Phi) is 7.04. The van der Waals surface area contributed by atoms with E-state index in [4.69, 9.17) is 16.3 Å². The Bertz CT molecular complexity index is 1390. The minimum atomic E-state index is -1.11. The van der Waals surface area contributed by atoms with Crippen LogP contribution in [0.15, 0.2) is 48.7 Å². The lowest BCUT2D eigenvalue weighted by Crippen LogP contribution is -2.38. The topological polar surface area (TPSA) is 61.0 Å². The molecule has 1 unspecified atom stereocenters. The second-order valence-corrected chi connectivity index (χ2v) is 17.8. The van der Waals surface area contributed by atoms with Crippen molar-refractivity contribution in [1.82, 2.24) is 29.7 Å². The average Bonchev–Trinajstić information content (AvgIpc) is 3.46. The zero-order valence-corrected chi connectivity index (χ0v) is 24.5. The van der Waals surface area contributed by atoms with Crippen LogP contribution >= 0.6 is 11.6 Å². The van der Waals surface area contributed by atoms with Gasteiger partial charge in [0.05, 0.1) is 22.4 Å². The van der Waals surface area contributed by atoms with Crippen LogP contribution in [0.4, 0.5) is 0 Å². The monoisotopic (exact) mass is 536 g/mol. The fraction of sp³-hybridized carbons (Fsp3) is 0.464. The van der Waals surface area contributed by atoms with Gasteiger partial charge in [0.25, 0.3) is 0 Å². The van der Waals surface area contributed by atoms with Crippen LogP contribution in [-0.4, -0.2) is 44.4 Å². The molecule has 1 aliphatic heterocycles. The number of fused-ring (bicyclic) bond motifs is 2. The summed E-state index contributed by atoms with van der Waals surface area (Å²) in [5.41, 5.74) is 6.74. The van der Waals surface area contributed by atoms with E-state index in [1.54, 1.807) is 6.20 Å². The molecule has 196 valence electrons. The van der Waals surface area contributed by atoms with Gasteiger partial charge >= 0.3 is 0 Å². The molecule has 9 heteroatoms. The van der Waals surface area contributed by atoms with Crippen LogP contribution in [0.1, 0.15) is 42.3 Å². The van der Waals surface area contributed by atoms with E-state index in [-0.39, 0.29) is 11.6 Å². The van der Waals surface area contributed by atoms with E-state index in [2.05, 4.69) is 96.3 Å². The largest absolute Gasteiger partial charge is 0.359 e. The number of nitrogens with zero attached hydrogens (tertiary/aromatic N) is 6. The molecule has 0 radical (unpaired) electrons. The third-order valence-corrected chi connectivity index (χ3v) is 9.63. The molecule has 37 heavy (non-hydrogen) atoms. The third-order valence-electron chi connectivity index (χ3n) is 7.61. The number of aryl methyl sites for hydroxylation is 1. The Morgan fingerprint density at radius 3 is 2.62 bits per heavy atom. The summed E-state index contributed by atoms with van der Waals surface area (Å²) in [5.74, 6) is 0. The molecule has 0 aliphatic carbocycles. The summed E-state index contributed by atoms with van der Waals surface area (Å²) in [5, 5.41) is 13.9. The van der Waals surface area contributed by atoms with Crippen LogP contribution in [0.25, 0.3) is 11.0 Å². The Hall–Kier alpha value is -2.52. The van der Waals surface area contributed by atoms with E-state index in [1.807, 2.05) is 16.4 Å². The fourth-order valence-electron chi connectivity index (χ4n) is 5.37. The van der Waals surface area contributed by atoms with Crippen LogP contribution in [0.5, 0.6) is 0 Å². The zero-order valence-electron chi connectivity index (χ0n) is 22.7. The summed E-state index contributed by atoms with van der Waals surface area (Å²) < 4.78 is 9.66. The van der Waals surface area contributed by atoms with Crippen molar-refractivity contribution in [2.75, 3.05) is 6.61 Å². The molecule has 2 aromatic heterocycles. The molecular formula is C28H37ClN6OSi. The van der Waals surface area contributed by atoms with Gasteiger partial charge in [0.2, 0.25) is 0 Å². The quantitative estimate of drug-likeness (QED) is 0.189. The molecule has 4 aromatic rings. The number of aromatic nitrogens is 5. The SMILES string of the molecule is Cn1ncc(Cl)c1CC1c2ccccc2C(C)(C)N1Cc1ccc2c(c1)nnn2COCC[Si](C)(C)C. The lowest BCUT2D eigenvalue weighted by molar-refractivity contribution is 0.0802. The third kappa shape index (κ3) is 5.25. The predicted octanol–water partition coefficient (Wildman–Crippen LogP) is 6.17. The highest BCUT2D eigenvalue weighted by Crippen LogP contribution is 2.48. The molecule has 0 saturated carbocycles. The summed E-state index contributed by atoms with van der Waals surface area (Å²) >= 11 is 6.54. The second-order valence-electron chi connectivity index (χ2n) is 11.8. The smallest absolute Gasteiger partial charge is 0.141 e. The molecule has 2 aromatic carbocycles. The maximum absolute atomic E-state index is 6.54. The molecule has 1 aliphatic rings. The van der Waals surface area contributed by atoms with E-state index >= 15 is 0 Å². The van der Waals surface area contributed by atoms with Crippen LogP contribution in [-0.2, 0) is 37.0 Å². The minimum Gasteiger partial charge on any atom is -0.359 e. The summed E-state index contributed by atoms with van der Waals surface area (Å²) in [4.78, 5) is 2.58. The van der Waals surface area contributed by atoms with Crippen molar-refractivity contribution in [2.45, 2.75) is 70.8 Å². The van der Waals surface area contributed by atoms with Gasteiger partial charge in [-0.2, -0.15) is 5.10 Å². The normalized spacial score (nSPS) is 17.5. The predicted molar refractivity (Wildman–Crippen MR) is 151 cm³/mol. The van der Waals surface area contributed by atoms with Gasteiger partial charge in [0.15, 0.2) is 0 Å². The maximum atomic E-state index is 6.54. The van der Waals surface area contributed by atoms with Gasteiger partial charge in [-0.25, -0.2) is 4.68 Å². The molecule has 0 saturated heterocycles. The molecule has 7 nitrogen and oxygen atoms in total. The number of rotatable bonds is 9. The first-order chi connectivity index (χ1) is 17.5. The Morgan fingerprint density at radius 1 is 1.11 bits per heavy atom. The van der Waals surface area contributed by atoms with Gasteiger partial charge in [0, 0.05) is 46.3 Å². The number of hydrogen-bond acceptors (Lipinski definition) is 5. The van der Waals surface area contributed by atoms with E-state index in [9.17, 15) is 0 Å². The molecular weight excluding hydrogens is 500 g/mol. The van der Waals surface area contributed by atoms with Crippen LogP contribution < -0.4 is 0 Å². The van der Waals surface area contributed by atoms with Crippen molar-refractivity contribution in [1.29, 1.82) is 0 Å². The zero-order chi connectivity index (χ0) is 26.4. The summed E-state index contributed by atoms with van der Waals surface area (Å²) in [6.07, 6.45) is 2.53. The molecule has 0 spiro atoms. The molecule has 0 fully saturated rings. The van der Waals surface area contributed by atoms with Gasteiger partial charge in [0.1, 0.15) is 12.2 Å². The van der Waals surface area contributed by atoms with Crippen LogP contribution in [0.2, 0.25) is 30.7 Å². The molecule has 0 N–H and O–H groups in total. The Morgan fingerprint density at radius 2 is 1.89 bits per heavy atom. The molecule has 0 bridgehead atoms. The highest BCUT2D eigenvalue weighted by atomic mass is 35.5. The lowest BCUT2D eigenvalue weighted by atomic mass is 9.93. The number of hydrogen-bond donors (Lipinski definition) is 0. The molecule has 1 atom stereocenters. The van der Waals surface area contributed by atoms with Crippen LogP contribution in [0.3, 0.4) is 0 Å². The number of halogens is 1. The first kappa shape index (κ1) is 26.1. The van der Waals surface area contributed by atoms with Crippen molar-refractivity contribution in [2.24, 2.45) is 7.05 Å². The molecule has 5 rings (SSSR count). The van der Waals surface area contributed by atoms with Crippen molar-refractivity contribution >= 4 is 30.7 Å². The van der Waals surface area contributed by atoms with Crippen molar-refractivity contribution < 1.29 is 4.74 Å². The standard InChI is InChI=1S/C28H37ClN6OSi/c1-28(2)22-10-8-7-9-21(22)26(16-27-23(29)17-30-33(27)3)34(28)18-20-11-12-25-24(15-20)31-32-35(25)19-36-13-14-37(4,5)6/h7-12,15,17,26H,13-14,16,18-19H2,1-6H3. The van der Waals surface area contributed by atoms with Gasteiger partial charge in [-0.3, -0.25) is 9.58 Å². The summed E-state index contributed by atoms with van der Waals surface area (Å²) in [6, 6.07) is 16.6. The van der Waals surface area contributed by atoms with Gasteiger partial charge in [-0.1, -0.05) is 66.8 Å². The average molecular weight is 537 g/mol. The number of benzene rings is 2. The molecule has 3 heterocycles. The second kappa shape index (κ2) is 9.98. The lowest BCUT2D eigenvalue weighted by Gasteiger charge is -2.36. The van der Waals surface area contributed by atoms with E-state index in [0.29, 0.717) is 6.73 Å². The Balaban J connectivity index is 1.39. The summed E-state index contributed by atoms with van der Waals surface area (Å²) in [7, 11) is 0.848. The van der Waals surface area contributed by atoms with Gasteiger partial charge in [-0.05, 0) is 48.7 Å².